The highest BCUT2D eigenvalue weighted by molar-refractivity contribution is 5.95. The lowest BCUT2D eigenvalue weighted by Gasteiger charge is -2.08. The summed E-state index contributed by atoms with van der Waals surface area (Å²) in [6.07, 6.45) is 4.42. The van der Waals surface area contributed by atoms with Crippen LogP contribution in [-0.2, 0) is 6.54 Å². The van der Waals surface area contributed by atoms with E-state index in [1.165, 1.54) is 6.92 Å². The Kier molecular flexibility index (Phi) is 5.09. The lowest BCUT2D eigenvalue weighted by molar-refractivity contribution is 0.101. The molecule has 0 bridgehead atoms. The molecule has 2 aromatic rings. The van der Waals surface area contributed by atoms with Gasteiger partial charge in [-0.25, -0.2) is 4.79 Å². The first kappa shape index (κ1) is 14.8. The molecule has 2 N–H and O–H groups in total. The van der Waals surface area contributed by atoms with E-state index in [0.29, 0.717) is 17.8 Å². The number of anilines is 1. The Hall–Kier alpha value is -2.63. The van der Waals surface area contributed by atoms with Gasteiger partial charge in [0.25, 0.3) is 0 Å². The fraction of sp³-hybridized carbons (Fsp3) is 0.267. The number of rotatable bonds is 6. The van der Waals surface area contributed by atoms with Crippen LogP contribution in [0.25, 0.3) is 0 Å². The summed E-state index contributed by atoms with van der Waals surface area (Å²) in [5, 5.41) is 9.57. The molecule has 0 atom stereocenters. The van der Waals surface area contributed by atoms with Crippen molar-refractivity contribution < 1.29 is 9.59 Å². The number of hydrogen-bond acceptors (Lipinski definition) is 3. The van der Waals surface area contributed by atoms with E-state index in [-0.39, 0.29) is 11.8 Å². The Bertz CT molecular complexity index is 591. The van der Waals surface area contributed by atoms with Crippen molar-refractivity contribution in [3.63, 3.8) is 0 Å². The number of nitrogens with zero attached hydrogens (tertiary/aromatic N) is 2. The molecule has 110 valence electrons. The van der Waals surface area contributed by atoms with Crippen molar-refractivity contribution in [2.45, 2.75) is 19.9 Å². The van der Waals surface area contributed by atoms with Crippen LogP contribution in [0.4, 0.5) is 10.5 Å². The highest BCUT2D eigenvalue weighted by atomic mass is 16.2. The molecule has 2 amide bonds. The number of carbonyl (C=O) groups excluding carboxylic acids is 2. The molecule has 1 aromatic carbocycles. The van der Waals surface area contributed by atoms with Crippen LogP contribution in [-0.4, -0.2) is 28.1 Å². The lowest BCUT2D eigenvalue weighted by Crippen LogP contribution is -2.30. The van der Waals surface area contributed by atoms with Crippen LogP contribution in [0.2, 0.25) is 0 Å². The van der Waals surface area contributed by atoms with Crippen LogP contribution in [0.5, 0.6) is 0 Å². The van der Waals surface area contributed by atoms with Gasteiger partial charge >= 0.3 is 6.03 Å². The van der Waals surface area contributed by atoms with Crippen molar-refractivity contribution in [2.75, 3.05) is 11.9 Å². The average Bonchev–Trinajstić information content (AvgIpc) is 2.97. The topological polar surface area (TPSA) is 76.0 Å². The van der Waals surface area contributed by atoms with Gasteiger partial charge in [-0.3, -0.25) is 9.48 Å². The minimum atomic E-state index is -0.258. The normalized spacial score (nSPS) is 10.1. The van der Waals surface area contributed by atoms with Gasteiger partial charge in [-0.2, -0.15) is 5.10 Å². The molecule has 2 rings (SSSR count). The maximum absolute atomic E-state index is 11.7. The number of nitrogens with one attached hydrogen (secondary N) is 2. The third-order valence-corrected chi connectivity index (χ3v) is 2.96. The third-order valence-electron chi connectivity index (χ3n) is 2.96. The van der Waals surface area contributed by atoms with Crippen molar-refractivity contribution in [1.82, 2.24) is 15.1 Å². The number of amides is 2. The van der Waals surface area contributed by atoms with Gasteiger partial charge in [0.05, 0.1) is 0 Å². The summed E-state index contributed by atoms with van der Waals surface area (Å²) in [4.78, 5) is 22.8. The maximum Gasteiger partial charge on any atom is 0.319 e. The Morgan fingerprint density at radius 1 is 1.24 bits per heavy atom. The summed E-state index contributed by atoms with van der Waals surface area (Å²) < 4.78 is 1.82. The standard InChI is InChI=1S/C15H18N4O2/c1-12(20)13-4-6-14(7-5-13)18-15(21)16-8-2-10-19-11-3-9-17-19/h3-7,9,11H,2,8,10H2,1H3,(H2,16,18,21). The monoisotopic (exact) mass is 286 g/mol. The zero-order valence-corrected chi connectivity index (χ0v) is 11.9. The van der Waals surface area contributed by atoms with Gasteiger partial charge in [-0.1, -0.05) is 0 Å². The van der Waals surface area contributed by atoms with Crippen LogP contribution in [0, 0.1) is 0 Å². The summed E-state index contributed by atoms with van der Waals surface area (Å²) >= 11 is 0. The van der Waals surface area contributed by atoms with E-state index in [4.69, 9.17) is 0 Å². The number of aromatic nitrogens is 2. The molecule has 0 aliphatic heterocycles. The highest BCUT2D eigenvalue weighted by Crippen LogP contribution is 2.09. The molecule has 0 unspecified atom stereocenters. The van der Waals surface area contributed by atoms with E-state index in [2.05, 4.69) is 15.7 Å². The molecule has 0 spiro atoms. The Balaban J connectivity index is 1.70. The van der Waals surface area contributed by atoms with E-state index in [1.807, 2.05) is 16.9 Å². The number of ketones is 1. The zero-order chi connectivity index (χ0) is 15.1. The number of hydrogen-bond donors (Lipinski definition) is 2. The summed E-state index contributed by atoms with van der Waals surface area (Å²) in [6.45, 7) is 2.84. The van der Waals surface area contributed by atoms with Gasteiger partial charge in [0.2, 0.25) is 0 Å². The van der Waals surface area contributed by atoms with Gasteiger partial charge in [0.15, 0.2) is 5.78 Å². The molecule has 0 saturated carbocycles. The Morgan fingerprint density at radius 2 is 2.00 bits per heavy atom. The van der Waals surface area contributed by atoms with Crippen molar-refractivity contribution >= 4 is 17.5 Å². The molecule has 6 heteroatoms. The zero-order valence-electron chi connectivity index (χ0n) is 11.9. The second-order valence-electron chi connectivity index (χ2n) is 4.64. The summed E-state index contributed by atoms with van der Waals surface area (Å²) in [5.74, 6) is 0.00428. The second kappa shape index (κ2) is 7.23. The van der Waals surface area contributed by atoms with Crippen molar-refractivity contribution in [1.29, 1.82) is 0 Å². The summed E-state index contributed by atoms with van der Waals surface area (Å²) in [7, 11) is 0. The van der Waals surface area contributed by atoms with E-state index in [9.17, 15) is 9.59 Å². The number of aryl methyl sites for hydroxylation is 1. The Morgan fingerprint density at radius 3 is 2.62 bits per heavy atom. The molecular weight excluding hydrogens is 268 g/mol. The second-order valence-corrected chi connectivity index (χ2v) is 4.64. The molecule has 0 aliphatic carbocycles. The molecule has 0 radical (unpaired) electrons. The van der Waals surface area contributed by atoms with Crippen LogP contribution < -0.4 is 10.6 Å². The number of urea groups is 1. The van der Waals surface area contributed by atoms with Crippen LogP contribution in [0.15, 0.2) is 42.7 Å². The molecule has 0 fully saturated rings. The molecule has 6 nitrogen and oxygen atoms in total. The predicted octanol–water partition coefficient (Wildman–Crippen LogP) is 2.30. The van der Waals surface area contributed by atoms with E-state index < -0.39 is 0 Å². The molecule has 21 heavy (non-hydrogen) atoms. The Labute approximate surface area is 123 Å². The SMILES string of the molecule is CC(=O)c1ccc(NC(=O)NCCCn2cccn2)cc1. The fourth-order valence-corrected chi connectivity index (χ4v) is 1.84. The number of benzene rings is 1. The van der Waals surface area contributed by atoms with Gasteiger partial charge in [-0.15, -0.1) is 0 Å². The fourth-order valence-electron chi connectivity index (χ4n) is 1.84. The molecule has 1 heterocycles. The first-order valence-electron chi connectivity index (χ1n) is 6.78. The molecule has 0 saturated heterocycles. The van der Waals surface area contributed by atoms with Gasteiger partial charge in [-0.05, 0) is 43.7 Å². The quantitative estimate of drug-likeness (QED) is 0.632. The van der Waals surface area contributed by atoms with Gasteiger partial charge in [0.1, 0.15) is 0 Å². The third kappa shape index (κ3) is 4.76. The smallest absolute Gasteiger partial charge is 0.319 e. The minimum absolute atomic E-state index is 0.00428. The van der Waals surface area contributed by atoms with Crippen molar-refractivity contribution in [2.24, 2.45) is 0 Å². The summed E-state index contributed by atoms with van der Waals surface area (Å²) in [5.41, 5.74) is 1.28. The minimum Gasteiger partial charge on any atom is -0.338 e. The van der Waals surface area contributed by atoms with Crippen molar-refractivity contribution in [3.8, 4) is 0 Å². The van der Waals surface area contributed by atoms with Gasteiger partial charge < -0.3 is 10.6 Å². The maximum atomic E-state index is 11.7. The van der Waals surface area contributed by atoms with Crippen LogP contribution in [0.1, 0.15) is 23.7 Å². The average molecular weight is 286 g/mol. The van der Waals surface area contributed by atoms with Crippen molar-refractivity contribution in [3.05, 3.63) is 48.3 Å². The van der Waals surface area contributed by atoms with Crippen LogP contribution >= 0.6 is 0 Å². The van der Waals surface area contributed by atoms with E-state index in [1.54, 1.807) is 30.5 Å². The largest absolute Gasteiger partial charge is 0.338 e. The molecule has 1 aromatic heterocycles. The lowest BCUT2D eigenvalue weighted by atomic mass is 10.1. The van der Waals surface area contributed by atoms with Gasteiger partial charge in [0, 0.05) is 36.7 Å². The highest BCUT2D eigenvalue weighted by Gasteiger charge is 2.02. The predicted molar refractivity (Wildman–Crippen MR) is 80.3 cm³/mol. The van der Waals surface area contributed by atoms with E-state index in [0.717, 1.165) is 13.0 Å². The molecular formula is C15H18N4O2. The summed E-state index contributed by atoms with van der Waals surface area (Å²) in [6, 6.07) is 8.40. The molecule has 0 aliphatic rings. The van der Waals surface area contributed by atoms with Crippen LogP contribution in [0.3, 0.4) is 0 Å². The number of carbonyl (C=O) groups is 2. The number of Topliss-reactive ketones (excluding diaryl/α,β-unsaturated/α-hetero) is 1. The van der Waals surface area contributed by atoms with E-state index >= 15 is 0 Å². The first-order valence-corrected chi connectivity index (χ1v) is 6.78. The first-order chi connectivity index (χ1) is 10.1.